The first-order valence-electron chi connectivity index (χ1n) is 9.56. The number of hydrogen-bond donors (Lipinski definition) is 0. The highest BCUT2D eigenvalue weighted by atomic mass is 19.1. The maximum atomic E-state index is 14.0. The van der Waals surface area contributed by atoms with Crippen LogP contribution in [0.4, 0.5) is 8.78 Å². The van der Waals surface area contributed by atoms with Crippen LogP contribution in [0, 0.1) is 25.5 Å². The van der Waals surface area contributed by atoms with Gasteiger partial charge in [-0.05, 0) is 73.1 Å². The number of rotatable bonds is 3. The van der Waals surface area contributed by atoms with Crippen molar-refractivity contribution in [2.24, 2.45) is 0 Å². The van der Waals surface area contributed by atoms with Crippen LogP contribution < -0.4 is 0 Å². The molecule has 1 nitrogen and oxygen atoms in total. The van der Waals surface area contributed by atoms with Crippen molar-refractivity contribution in [1.29, 1.82) is 0 Å². The molecule has 0 unspecified atom stereocenters. The Kier molecular flexibility index (Phi) is 4.77. The highest BCUT2D eigenvalue weighted by molar-refractivity contribution is 5.72. The van der Waals surface area contributed by atoms with E-state index in [1.54, 1.807) is 12.3 Å². The Morgan fingerprint density at radius 3 is 2.19 bits per heavy atom. The van der Waals surface area contributed by atoms with Crippen molar-refractivity contribution in [3.63, 3.8) is 0 Å². The molecule has 1 saturated carbocycles. The number of benzene rings is 2. The van der Waals surface area contributed by atoms with Crippen LogP contribution in [0.15, 0.2) is 48.7 Å². The highest BCUT2D eigenvalue weighted by Gasteiger charge is 2.19. The molecule has 0 radical (unpaired) electrons. The molecule has 2 aromatic carbocycles. The van der Waals surface area contributed by atoms with Gasteiger partial charge in [0.25, 0.3) is 0 Å². The quantitative estimate of drug-likeness (QED) is 0.490. The zero-order valence-electron chi connectivity index (χ0n) is 15.7. The van der Waals surface area contributed by atoms with E-state index in [0.717, 1.165) is 11.6 Å². The maximum absolute atomic E-state index is 14.0. The molecule has 0 spiro atoms. The third kappa shape index (κ3) is 3.51. The van der Waals surface area contributed by atoms with Gasteiger partial charge in [-0.3, -0.25) is 4.98 Å². The molecule has 0 amide bonds. The molecule has 0 atom stereocenters. The second-order valence-electron chi connectivity index (χ2n) is 7.57. The summed E-state index contributed by atoms with van der Waals surface area (Å²) in [6.45, 7) is 4.29. The van der Waals surface area contributed by atoms with Crippen LogP contribution in [0.2, 0.25) is 0 Å². The summed E-state index contributed by atoms with van der Waals surface area (Å²) < 4.78 is 27.1. The first-order valence-corrected chi connectivity index (χ1v) is 9.56. The summed E-state index contributed by atoms with van der Waals surface area (Å²) in [4.78, 5) is 4.44. The van der Waals surface area contributed by atoms with E-state index < -0.39 is 11.6 Å². The Hall–Kier alpha value is -2.55. The van der Waals surface area contributed by atoms with Crippen molar-refractivity contribution in [1.82, 2.24) is 4.98 Å². The van der Waals surface area contributed by atoms with Gasteiger partial charge in [-0.25, -0.2) is 8.78 Å². The van der Waals surface area contributed by atoms with Crippen molar-refractivity contribution in [3.05, 3.63) is 77.0 Å². The van der Waals surface area contributed by atoms with Crippen LogP contribution in [0.3, 0.4) is 0 Å². The molecular formula is C24H23F2N. The Bertz CT molecular complexity index is 947. The Morgan fingerprint density at radius 1 is 0.889 bits per heavy atom. The molecule has 1 heterocycles. The number of aryl methyl sites for hydroxylation is 2. The van der Waals surface area contributed by atoms with Gasteiger partial charge in [0.15, 0.2) is 0 Å². The number of halogens is 2. The van der Waals surface area contributed by atoms with Gasteiger partial charge in [-0.2, -0.15) is 0 Å². The van der Waals surface area contributed by atoms with Crippen LogP contribution >= 0.6 is 0 Å². The van der Waals surface area contributed by atoms with Gasteiger partial charge in [0.1, 0.15) is 11.6 Å². The highest BCUT2D eigenvalue weighted by Crippen LogP contribution is 2.37. The standard InChI is InChI=1S/C24H23F2N/c1-15-11-19(17-5-3-4-6-17)12-16(2)24(15)18-7-10-23(27-14-18)21-9-8-20(25)13-22(21)26/h7-14,17H,3-6H2,1-2H3. The number of nitrogens with zero attached hydrogens (tertiary/aromatic N) is 1. The Morgan fingerprint density at radius 2 is 1.59 bits per heavy atom. The van der Waals surface area contributed by atoms with Crippen molar-refractivity contribution in [2.45, 2.75) is 45.4 Å². The molecule has 3 aromatic rings. The monoisotopic (exact) mass is 363 g/mol. The predicted molar refractivity (Wildman–Crippen MR) is 106 cm³/mol. The molecule has 1 aliphatic carbocycles. The van der Waals surface area contributed by atoms with E-state index in [2.05, 4.69) is 31.0 Å². The van der Waals surface area contributed by atoms with Gasteiger partial charge < -0.3 is 0 Å². The van der Waals surface area contributed by atoms with E-state index in [1.807, 2.05) is 6.07 Å². The van der Waals surface area contributed by atoms with Crippen LogP contribution in [-0.4, -0.2) is 4.98 Å². The predicted octanol–water partition coefficient (Wildman–Crippen LogP) is 6.97. The van der Waals surface area contributed by atoms with Gasteiger partial charge in [0, 0.05) is 23.4 Å². The first kappa shape index (κ1) is 17.8. The fourth-order valence-corrected chi connectivity index (χ4v) is 4.35. The summed E-state index contributed by atoms with van der Waals surface area (Å²) in [7, 11) is 0. The van der Waals surface area contributed by atoms with E-state index in [-0.39, 0.29) is 0 Å². The summed E-state index contributed by atoms with van der Waals surface area (Å²) in [5, 5.41) is 0. The molecule has 27 heavy (non-hydrogen) atoms. The lowest BCUT2D eigenvalue weighted by molar-refractivity contribution is 0.585. The van der Waals surface area contributed by atoms with E-state index >= 15 is 0 Å². The third-order valence-electron chi connectivity index (χ3n) is 5.64. The average Bonchev–Trinajstić information content (AvgIpc) is 3.17. The zero-order valence-corrected chi connectivity index (χ0v) is 15.7. The van der Waals surface area contributed by atoms with Gasteiger partial charge in [-0.15, -0.1) is 0 Å². The molecule has 0 aliphatic heterocycles. The summed E-state index contributed by atoms with van der Waals surface area (Å²) >= 11 is 0. The topological polar surface area (TPSA) is 12.9 Å². The van der Waals surface area contributed by atoms with Crippen LogP contribution in [0.5, 0.6) is 0 Å². The smallest absolute Gasteiger partial charge is 0.135 e. The van der Waals surface area contributed by atoms with E-state index in [4.69, 9.17) is 0 Å². The van der Waals surface area contributed by atoms with Gasteiger partial charge in [-0.1, -0.05) is 31.0 Å². The summed E-state index contributed by atoms with van der Waals surface area (Å²) in [5.74, 6) is -0.483. The maximum Gasteiger partial charge on any atom is 0.135 e. The Balaban J connectivity index is 1.67. The van der Waals surface area contributed by atoms with E-state index in [1.165, 1.54) is 60.1 Å². The van der Waals surface area contributed by atoms with Crippen molar-refractivity contribution >= 4 is 0 Å². The van der Waals surface area contributed by atoms with Gasteiger partial charge in [0.2, 0.25) is 0 Å². The van der Waals surface area contributed by atoms with Gasteiger partial charge >= 0.3 is 0 Å². The third-order valence-corrected chi connectivity index (χ3v) is 5.64. The summed E-state index contributed by atoms with van der Waals surface area (Å²) in [6.07, 6.45) is 7.02. The molecular weight excluding hydrogens is 340 g/mol. The molecule has 1 aromatic heterocycles. The van der Waals surface area contributed by atoms with Crippen LogP contribution in [-0.2, 0) is 0 Å². The minimum absolute atomic E-state index is 0.313. The zero-order chi connectivity index (χ0) is 19.0. The van der Waals surface area contributed by atoms with Crippen molar-refractivity contribution < 1.29 is 8.78 Å². The number of pyridine rings is 1. The molecule has 138 valence electrons. The van der Waals surface area contributed by atoms with Crippen LogP contribution in [0.25, 0.3) is 22.4 Å². The lowest BCUT2D eigenvalue weighted by Crippen LogP contribution is -1.98. The second kappa shape index (κ2) is 7.22. The minimum atomic E-state index is -0.594. The van der Waals surface area contributed by atoms with E-state index in [0.29, 0.717) is 17.2 Å². The molecule has 1 fully saturated rings. The average molecular weight is 363 g/mol. The first-order chi connectivity index (χ1) is 13.0. The molecule has 3 heteroatoms. The Labute approximate surface area is 159 Å². The molecule has 4 rings (SSSR count). The molecule has 1 aliphatic rings. The van der Waals surface area contributed by atoms with Crippen LogP contribution in [0.1, 0.15) is 48.3 Å². The SMILES string of the molecule is Cc1cc(C2CCCC2)cc(C)c1-c1ccc(-c2ccc(F)cc2F)nc1. The molecule has 0 bridgehead atoms. The minimum Gasteiger partial charge on any atom is -0.256 e. The lowest BCUT2D eigenvalue weighted by atomic mass is 9.89. The molecule has 0 saturated heterocycles. The molecule has 0 N–H and O–H groups in total. The largest absolute Gasteiger partial charge is 0.256 e. The fraction of sp³-hybridized carbons (Fsp3) is 0.292. The number of aromatic nitrogens is 1. The van der Waals surface area contributed by atoms with E-state index in [9.17, 15) is 8.78 Å². The summed E-state index contributed by atoms with van der Waals surface area (Å²) in [5.41, 5.74) is 6.98. The van der Waals surface area contributed by atoms with Gasteiger partial charge in [0.05, 0.1) is 5.69 Å². The lowest BCUT2D eigenvalue weighted by Gasteiger charge is -2.16. The normalized spacial score (nSPS) is 14.7. The fourth-order valence-electron chi connectivity index (χ4n) is 4.35. The van der Waals surface area contributed by atoms with Crippen molar-refractivity contribution in [3.8, 4) is 22.4 Å². The summed E-state index contributed by atoms with van der Waals surface area (Å²) in [6, 6.07) is 12.0. The second-order valence-corrected chi connectivity index (χ2v) is 7.57. The van der Waals surface area contributed by atoms with Crippen molar-refractivity contribution in [2.75, 3.05) is 0 Å². The number of hydrogen-bond acceptors (Lipinski definition) is 1.